The topological polar surface area (TPSA) is 55.4 Å². The molecule has 1 amide bonds. The molecule has 0 atom stereocenters. The van der Waals surface area contributed by atoms with E-state index in [1.807, 2.05) is 0 Å². The van der Waals surface area contributed by atoms with Crippen molar-refractivity contribution in [2.45, 2.75) is 6.92 Å². The molecule has 4 nitrogen and oxygen atoms in total. The predicted octanol–water partition coefficient (Wildman–Crippen LogP) is 7.50. The molecule has 0 aliphatic heterocycles. The maximum Gasteiger partial charge on any atom is 0.341 e. The van der Waals surface area contributed by atoms with E-state index >= 15 is 0 Å². The highest BCUT2D eigenvalue weighted by Gasteiger charge is 2.25. The lowest BCUT2D eigenvalue weighted by atomic mass is 10.0. The zero-order chi connectivity index (χ0) is 22.1. The fourth-order valence-electron chi connectivity index (χ4n) is 3.04. The lowest BCUT2D eigenvalue weighted by Gasteiger charge is -2.08. The van der Waals surface area contributed by atoms with Gasteiger partial charge in [0.05, 0.1) is 11.6 Å². The summed E-state index contributed by atoms with van der Waals surface area (Å²) in [6.07, 6.45) is 0. The van der Waals surface area contributed by atoms with Crippen molar-refractivity contribution in [2.75, 3.05) is 11.9 Å². The third-order valence-corrected chi connectivity index (χ3v) is 7.24. The third-order valence-electron chi connectivity index (χ3n) is 4.45. The second-order valence-corrected chi connectivity index (χ2v) is 9.17. The highest BCUT2D eigenvalue weighted by molar-refractivity contribution is 7.22. The van der Waals surface area contributed by atoms with Crippen molar-refractivity contribution in [3.05, 3.63) is 74.1 Å². The predicted molar refractivity (Wildman–Crippen MR) is 125 cm³/mol. The number of esters is 1. The zero-order valence-corrected chi connectivity index (χ0v) is 19.1. The van der Waals surface area contributed by atoms with E-state index in [4.69, 9.17) is 27.9 Å². The van der Waals surface area contributed by atoms with Crippen LogP contribution in [0.15, 0.2) is 47.8 Å². The average molecular weight is 494 g/mol. The number of carbonyl (C=O) groups excluding carboxylic acids is 2. The SMILES string of the molecule is CCOC(=O)c1c(-c2ccc(F)cc2)csc1NC(=O)c1sc2cc(Cl)ccc2c1Cl. The van der Waals surface area contributed by atoms with Crippen LogP contribution in [0.1, 0.15) is 27.0 Å². The minimum absolute atomic E-state index is 0.174. The van der Waals surface area contributed by atoms with Gasteiger partial charge in [0.15, 0.2) is 0 Å². The second-order valence-electron chi connectivity index (χ2n) is 6.42. The van der Waals surface area contributed by atoms with Crippen molar-refractivity contribution < 1.29 is 18.7 Å². The van der Waals surface area contributed by atoms with Crippen LogP contribution in [-0.4, -0.2) is 18.5 Å². The Labute approximate surface area is 195 Å². The highest BCUT2D eigenvalue weighted by Crippen LogP contribution is 2.39. The quantitative estimate of drug-likeness (QED) is 0.292. The van der Waals surface area contributed by atoms with Gasteiger partial charge in [-0.3, -0.25) is 4.79 Å². The van der Waals surface area contributed by atoms with Crippen LogP contribution in [0.4, 0.5) is 9.39 Å². The second kappa shape index (κ2) is 8.96. The molecule has 0 radical (unpaired) electrons. The molecule has 31 heavy (non-hydrogen) atoms. The van der Waals surface area contributed by atoms with Gasteiger partial charge < -0.3 is 10.1 Å². The van der Waals surface area contributed by atoms with Crippen molar-refractivity contribution >= 4 is 72.8 Å². The zero-order valence-electron chi connectivity index (χ0n) is 16.0. The molecule has 4 aromatic rings. The lowest BCUT2D eigenvalue weighted by Crippen LogP contribution is -2.14. The Morgan fingerprint density at radius 1 is 1.13 bits per heavy atom. The smallest absolute Gasteiger partial charge is 0.341 e. The van der Waals surface area contributed by atoms with Crippen LogP contribution >= 0.6 is 45.9 Å². The molecule has 0 aliphatic rings. The van der Waals surface area contributed by atoms with Crippen LogP contribution in [0, 0.1) is 5.82 Å². The maximum atomic E-state index is 13.3. The fraction of sp³-hybridized carbons (Fsp3) is 0.0909. The van der Waals surface area contributed by atoms with E-state index in [-0.39, 0.29) is 18.0 Å². The van der Waals surface area contributed by atoms with Gasteiger partial charge in [0.2, 0.25) is 0 Å². The van der Waals surface area contributed by atoms with Gasteiger partial charge in [0.1, 0.15) is 21.3 Å². The minimum atomic E-state index is -0.576. The molecule has 9 heteroatoms. The molecule has 1 N–H and O–H groups in total. The number of hydrogen-bond donors (Lipinski definition) is 1. The van der Waals surface area contributed by atoms with Gasteiger partial charge in [-0.2, -0.15) is 0 Å². The molecular weight excluding hydrogens is 480 g/mol. The molecule has 158 valence electrons. The summed E-state index contributed by atoms with van der Waals surface area (Å²) in [6, 6.07) is 11.0. The summed E-state index contributed by atoms with van der Waals surface area (Å²) < 4.78 is 19.3. The van der Waals surface area contributed by atoms with Crippen molar-refractivity contribution in [1.82, 2.24) is 0 Å². The summed E-state index contributed by atoms with van der Waals surface area (Å²) in [5, 5.41) is 6.43. The number of ether oxygens (including phenoxy) is 1. The Hall–Kier alpha value is -2.45. The first-order valence-corrected chi connectivity index (χ1v) is 11.6. The summed E-state index contributed by atoms with van der Waals surface area (Å²) in [7, 11) is 0. The van der Waals surface area contributed by atoms with Gasteiger partial charge in [-0.15, -0.1) is 22.7 Å². The molecule has 0 saturated carbocycles. The minimum Gasteiger partial charge on any atom is -0.462 e. The van der Waals surface area contributed by atoms with Crippen LogP contribution in [0.3, 0.4) is 0 Å². The van der Waals surface area contributed by atoms with Gasteiger partial charge in [-0.05, 0) is 36.8 Å². The molecule has 0 unspecified atom stereocenters. The van der Waals surface area contributed by atoms with Crippen molar-refractivity contribution in [1.29, 1.82) is 0 Å². The number of carbonyl (C=O) groups is 2. The van der Waals surface area contributed by atoms with E-state index in [2.05, 4.69) is 5.32 Å². The van der Waals surface area contributed by atoms with E-state index in [0.717, 1.165) is 10.1 Å². The van der Waals surface area contributed by atoms with Gasteiger partial charge in [-0.25, -0.2) is 9.18 Å². The Bertz CT molecular complexity index is 1300. The van der Waals surface area contributed by atoms with Gasteiger partial charge >= 0.3 is 5.97 Å². The van der Waals surface area contributed by atoms with Crippen LogP contribution in [0.5, 0.6) is 0 Å². The van der Waals surface area contributed by atoms with E-state index < -0.39 is 11.9 Å². The number of rotatable bonds is 5. The number of benzene rings is 2. The Kier molecular flexibility index (Phi) is 6.29. The molecule has 2 aromatic heterocycles. The third kappa shape index (κ3) is 4.32. The maximum absolute atomic E-state index is 13.3. The van der Waals surface area contributed by atoms with Gasteiger partial charge in [0.25, 0.3) is 5.91 Å². The number of anilines is 1. The van der Waals surface area contributed by atoms with E-state index in [0.29, 0.717) is 31.1 Å². The number of halogens is 3. The van der Waals surface area contributed by atoms with E-state index in [1.165, 1.54) is 34.8 Å². The monoisotopic (exact) mass is 493 g/mol. The molecular formula is C22H14Cl2FNO3S2. The Balaban J connectivity index is 1.72. The summed E-state index contributed by atoms with van der Waals surface area (Å²) in [5.41, 5.74) is 1.40. The molecule has 0 fully saturated rings. The first-order valence-electron chi connectivity index (χ1n) is 9.12. The van der Waals surface area contributed by atoms with Crippen molar-refractivity contribution in [3.8, 4) is 11.1 Å². The standard InChI is InChI=1S/C22H14Cl2FNO3S2/c1-2-29-22(28)17-15(11-3-6-13(25)7-4-11)10-30-21(17)26-20(27)19-18(24)14-8-5-12(23)9-16(14)31-19/h3-10H,2H2,1H3,(H,26,27). The van der Waals surface area contributed by atoms with Crippen molar-refractivity contribution in [3.63, 3.8) is 0 Å². The molecule has 0 aliphatic carbocycles. The molecule has 2 aromatic carbocycles. The molecule has 0 saturated heterocycles. The van der Waals surface area contributed by atoms with Crippen LogP contribution in [0.2, 0.25) is 10.0 Å². The van der Waals surface area contributed by atoms with Crippen LogP contribution in [0.25, 0.3) is 21.2 Å². The molecule has 4 rings (SSSR count). The van der Waals surface area contributed by atoms with E-state index in [1.54, 1.807) is 42.6 Å². The molecule has 0 bridgehead atoms. The summed E-state index contributed by atoms with van der Waals surface area (Å²) in [5.74, 6) is -1.40. The number of amides is 1. The first kappa shape index (κ1) is 21.8. The van der Waals surface area contributed by atoms with Gasteiger partial charge in [-0.1, -0.05) is 41.4 Å². The summed E-state index contributed by atoms with van der Waals surface area (Å²) in [4.78, 5) is 26.0. The van der Waals surface area contributed by atoms with Crippen LogP contribution in [-0.2, 0) is 4.74 Å². The fourth-order valence-corrected chi connectivity index (χ4v) is 5.68. The Morgan fingerprint density at radius 2 is 1.87 bits per heavy atom. The normalized spacial score (nSPS) is 11.0. The van der Waals surface area contributed by atoms with Crippen molar-refractivity contribution in [2.24, 2.45) is 0 Å². The summed E-state index contributed by atoms with van der Waals surface area (Å²) >= 11 is 14.9. The average Bonchev–Trinajstić information content (AvgIpc) is 3.29. The lowest BCUT2D eigenvalue weighted by molar-refractivity contribution is 0.0529. The number of nitrogens with one attached hydrogen (secondary N) is 1. The first-order chi connectivity index (χ1) is 14.9. The Morgan fingerprint density at radius 3 is 2.58 bits per heavy atom. The van der Waals surface area contributed by atoms with Crippen LogP contribution < -0.4 is 5.32 Å². The largest absolute Gasteiger partial charge is 0.462 e. The molecule has 0 spiro atoms. The summed E-state index contributed by atoms with van der Waals surface area (Å²) in [6.45, 7) is 1.87. The number of hydrogen-bond acceptors (Lipinski definition) is 5. The number of fused-ring (bicyclic) bond motifs is 1. The van der Waals surface area contributed by atoms with Gasteiger partial charge in [0, 0.05) is 26.1 Å². The highest BCUT2D eigenvalue weighted by atomic mass is 35.5. The molecule has 2 heterocycles. The van der Waals surface area contributed by atoms with E-state index in [9.17, 15) is 14.0 Å². The number of thiophene rings is 2.